The summed E-state index contributed by atoms with van der Waals surface area (Å²) >= 11 is 5.24. The summed E-state index contributed by atoms with van der Waals surface area (Å²) < 4.78 is 2.75. The van der Waals surface area contributed by atoms with Crippen LogP contribution in [0.3, 0.4) is 0 Å². The molecule has 1 heterocycles. The minimum atomic E-state index is 0.751. The SMILES string of the molecule is CCc1cccc(-n2cc(C)[nH]c2=S)c1. The smallest absolute Gasteiger partial charge is 0.181 e. The minimum absolute atomic E-state index is 0.751. The van der Waals surface area contributed by atoms with Crippen molar-refractivity contribution in [1.82, 2.24) is 9.55 Å². The highest BCUT2D eigenvalue weighted by Crippen LogP contribution is 2.12. The summed E-state index contributed by atoms with van der Waals surface area (Å²) in [6.45, 7) is 4.16. The van der Waals surface area contributed by atoms with Crippen LogP contribution >= 0.6 is 12.2 Å². The van der Waals surface area contributed by atoms with E-state index in [9.17, 15) is 0 Å². The molecule has 0 saturated carbocycles. The molecular weight excluding hydrogens is 204 g/mol. The lowest BCUT2D eigenvalue weighted by molar-refractivity contribution is 1.02. The van der Waals surface area contributed by atoms with Crippen molar-refractivity contribution >= 4 is 12.2 Å². The number of aromatic nitrogens is 2. The lowest BCUT2D eigenvalue weighted by atomic mass is 10.1. The van der Waals surface area contributed by atoms with E-state index in [1.165, 1.54) is 5.56 Å². The molecule has 0 radical (unpaired) electrons. The average Bonchev–Trinajstić information content (AvgIpc) is 2.58. The molecule has 78 valence electrons. The van der Waals surface area contributed by atoms with Crippen LogP contribution in [0, 0.1) is 11.7 Å². The summed E-state index contributed by atoms with van der Waals surface area (Å²) in [4.78, 5) is 3.12. The molecule has 1 N–H and O–H groups in total. The molecule has 0 aliphatic carbocycles. The molecule has 0 saturated heterocycles. The van der Waals surface area contributed by atoms with Gasteiger partial charge >= 0.3 is 0 Å². The number of H-pyrrole nitrogens is 1. The highest BCUT2D eigenvalue weighted by Gasteiger charge is 2.00. The summed E-state index contributed by atoms with van der Waals surface area (Å²) in [5.41, 5.74) is 3.54. The van der Waals surface area contributed by atoms with Crippen LogP contribution in [0.5, 0.6) is 0 Å². The van der Waals surface area contributed by atoms with E-state index in [0.29, 0.717) is 0 Å². The fourth-order valence-electron chi connectivity index (χ4n) is 1.63. The highest BCUT2D eigenvalue weighted by molar-refractivity contribution is 7.71. The van der Waals surface area contributed by atoms with E-state index in [4.69, 9.17) is 12.2 Å². The van der Waals surface area contributed by atoms with E-state index >= 15 is 0 Å². The first-order valence-electron chi connectivity index (χ1n) is 5.08. The largest absolute Gasteiger partial charge is 0.335 e. The molecule has 0 aliphatic heterocycles. The molecule has 0 unspecified atom stereocenters. The van der Waals surface area contributed by atoms with Gasteiger partial charge in [-0.3, -0.25) is 4.57 Å². The zero-order chi connectivity index (χ0) is 10.8. The van der Waals surface area contributed by atoms with Crippen molar-refractivity contribution in [3.05, 3.63) is 46.5 Å². The molecule has 0 fully saturated rings. The average molecular weight is 218 g/mol. The van der Waals surface area contributed by atoms with E-state index in [-0.39, 0.29) is 0 Å². The number of benzene rings is 1. The molecule has 0 bridgehead atoms. The van der Waals surface area contributed by atoms with Gasteiger partial charge < -0.3 is 4.98 Å². The summed E-state index contributed by atoms with van der Waals surface area (Å²) in [6, 6.07) is 8.44. The van der Waals surface area contributed by atoms with Crippen LogP contribution in [-0.4, -0.2) is 9.55 Å². The second-order valence-electron chi connectivity index (χ2n) is 3.64. The van der Waals surface area contributed by atoms with Crippen molar-refractivity contribution in [2.75, 3.05) is 0 Å². The van der Waals surface area contributed by atoms with Gasteiger partial charge in [-0.05, 0) is 43.3 Å². The Bertz CT molecular complexity index is 522. The molecular formula is C12H14N2S. The number of nitrogens with zero attached hydrogens (tertiary/aromatic N) is 1. The van der Waals surface area contributed by atoms with E-state index in [1.54, 1.807) is 0 Å². The van der Waals surface area contributed by atoms with E-state index in [2.05, 4.69) is 36.2 Å². The van der Waals surface area contributed by atoms with Gasteiger partial charge in [0.2, 0.25) is 0 Å². The Morgan fingerprint density at radius 2 is 2.20 bits per heavy atom. The predicted octanol–water partition coefficient (Wildman–Crippen LogP) is 3.41. The molecule has 1 aromatic heterocycles. The third-order valence-electron chi connectivity index (χ3n) is 2.44. The van der Waals surface area contributed by atoms with Crippen LogP contribution < -0.4 is 0 Å². The second-order valence-corrected chi connectivity index (χ2v) is 4.02. The first kappa shape index (κ1) is 10.2. The monoisotopic (exact) mass is 218 g/mol. The van der Waals surface area contributed by atoms with E-state index in [0.717, 1.165) is 22.6 Å². The molecule has 0 spiro atoms. The van der Waals surface area contributed by atoms with Crippen LogP contribution in [0.15, 0.2) is 30.5 Å². The van der Waals surface area contributed by atoms with Crippen molar-refractivity contribution in [1.29, 1.82) is 0 Å². The lowest BCUT2D eigenvalue weighted by Gasteiger charge is -2.03. The maximum atomic E-state index is 5.24. The number of rotatable bonds is 2. The molecule has 2 aromatic rings. The van der Waals surface area contributed by atoms with Crippen LogP contribution in [-0.2, 0) is 6.42 Å². The van der Waals surface area contributed by atoms with Crippen molar-refractivity contribution < 1.29 is 0 Å². The quantitative estimate of drug-likeness (QED) is 0.766. The maximum absolute atomic E-state index is 5.24. The first-order chi connectivity index (χ1) is 7.20. The third-order valence-corrected chi connectivity index (χ3v) is 2.74. The van der Waals surface area contributed by atoms with Gasteiger partial charge in [0, 0.05) is 17.6 Å². The van der Waals surface area contributed by atoms with Crippen LogP contribution in [0.2, 0.25) is 0 Å². The Hall–Kier alpha value is -1.35. The molecule has 1 aromatic carbocycles. The van der Waals surface area contributed by atoms with Gasteiger partial charge in [0.15, 0.2) is 4.77 Å². The van der Waals surface area contributed by atoms with Crippen LogP contribution in [0.4, 0.5) is 0 Å². The van der Waals surface area contributed by atoms with Crippen LogP contribution in [0.1, 0.15) is 18.2 Å². The second kappa shape index (κ2) is 4.03. The Kier molecular flexibility index (Phi) is 2.73. The molecule has 2 nitrogen and oxygen atoms in total. The topological polar surface area (TPSA) is 20.7 Å². The van der Waals surface area contributed by atoms with Gasteiger partial charge in [-0.1, -0.05) is 19.1 Å². The lowest BCUT2D eigenvalue weighted by Crippen LogP contribution is -1.93. The first-order valence-corrected chi connectivity index (χ1v) is 5.49. The van der Waals surface area contributed by atoms with Crippen molar-refractivity contribution in [3.63, 3.8) is 0 Å². The number of aromatic amines is 1. The summed E-state index contributed by atoms with van der Waals surface area (Å²) in [6.07, 6.45) is 3.07. The highest BCUT2D eigenvalue weighted by atomic mass is 32.1. The minimum Gasteiger partial charge on any atom is -0.335 e. The van der Waals surface area contributed by atoms with Crippen molar-refractivity contribution in [2.24, 2.45) is 0 Å². The zero-order valence-corrected chi connectivity index (χ0v) is 9.77. The van der Waals surface area contributed by atoms with Crippen molar-refractivity contribution in [2.45, 2.75) is 20.3 Å². The fraction of sp³-hybridized carbons (Fsp3) is 0.250. The van der Waals surface area contributed by atoms with Gasteiger partial charge in [0.25, 0.3) is 0 Å². The molecule has 2 rings (SSSR count). The number of hydrogen-bond donors (Lipinski definition) is 1. The summed E-state index contributed by atoms with van der Waals surface area (Å²) in [5.74, 6) is 0. The van der Waals surface area contributed by atoms with Crippen molar-refractivity contribution in [3.8, 4) is 5.69 Å². The standard InChI is InChI=1S/C12H14N2S/c1-3-10-5-4-6-11(7-10)14-8-9(2)13-12(14)15/h4-8H,3H2,1-2H3,(H,13,15). The fourth-order valence-corrected chi connectivity index (χ4v) is 1.95. The van der Waals surface area contributed by atoms with Gasteiger partial charge in [-0.25, -0.2) is 0 Å². The van der Waals surface area contributed by atoms with E-state index in [1.807, 2.05) is 17.7 Å². The van der Waals surface area contributed by atoms with Gasteiger partial charge in [0.05, 0.1) is 0 Å². The summed E-state index contributed by atoms with van der Waals surface area (Å²) in [7, 11) is 0. The Morgan fingerprint density at radius 3 is 2.80 bits per heavy atom. The maximum Gasteiger partial charge on any atom is 0.181 e. The Labute approximate surface area is 94.6 Å². The van der Waals surface area contributed by atoms with E-state index < -0.39 is 0 Å². The molecule has 15 heavy (non-hydrogen) atoms. The molecule has 0 aliphatic rings. The summed E-state index contributed by atoms with van der Waals surface area (Å²) in [5, 5.41) is 0. The number of aryl methyl sites for hydroxylation is 2. The normalized spacial score (nSPS) is 10.5. The van der Waals surface area contributed by atoms with Gasteiger partial charge in [0.1, 0.15) is 0 Å². The number of imidazole rings is 1. The zero-order valence-electron chi connectivity index (χ0n) is 8.95. The van der Waals surface area contributed by atoms with Gasteiger partial charge in [-0.15, -0.1) is 0 Å². The predicted molar refractivity (Wildman–Crippen MR) is 65.1 cm³/mol. The molecule has 3 heteroatoms. The Balaban J connectivity index is 2.53. The molecule has 0 atom stereocenters. The Morgan fingerprint density at radius 1 is 1.40 bits per heavy atom. The third kappa shape index (κ3) is 2.02. The number of nitrogens with one attached hydrogen (secondary N) is 1. The van der Waals surface area contributed by atoms with Gasteiger partial charge in [-0.2, -0.15) is 0 Å². The van der Waals surface area contributed by atoms with Crippen LogP contribution in [0.25, 0.3) is 5.69 Å². The molecule has 0 amide bonds. The number of hydrogen-bond acceptors (Lipinski definition) is 1.